The zero-order chi connectivity index (χ0) is 25.6. The largest absolute Gasteiger partial charge is 0.469 e. The molecule has 0 saturated heterocycles. The summed E-state index contributed by atoms with van der Waals surface area (Å²) in [7, 11) is -2.93. The molecule has 0 bridgehead atoms. The Labute approximate surface area is 206 Å². The van der Waals surface area contributed by atoms with Crippen LogP contribution in [0.2, 0.25) is 0 Å². The van der Waals surface area contributed by atoms with Crippen LogP contribution in [-0.2, 0) is 19.6 Å². The summed E-state index contributed by atoms with van der Waals surface area (Å²) in [5.74, 6) is -0.412. The zero-order valence-electron chi connectivity index (χ0n) is 19.3. The summed E-state index contributed by atoms with van der Waals surface area (Å²) in [6.07, 6.45) is 0.324. The lowest BCUT2D eigenvalue weighted by Gasteiger charge is -2.14. The van der Waals surface area contributed by atoms with E-state index in [1.807, 2.05) is 30.5 Å². The monoisotopic (exact) mass is 516 g/mol. The van der Waals surface area contributed by atoms with Gasteiger partial charge in [-0.3, -0.25) is 25.1 Å². The number of benzene rings is 2. The summed E-state index contributed by atoms with van der Waals surface area (Å²) in [6.45, 7) is 3.65. The van der Waals surface area contributed by atoms with Crippen LogP contribution in [0.15, 0.2) is 63.9 Å². The summed E-state index contributed by atoms with van der Waals surface area (Å²) in [4.78, 5) is 22.7. The fraction of sp³-hybridized carbons (Fsp3) is 0.217. The van der Waals surface area contributed by atoms with E-state index in [4.69, 9.17) is 4.74 Å². The van der Waals surface area contributed by atoms with Crippen molar-refractivity contribution in [2.45, 2.75) is 31.6 Å². The fourth-order valence-electron chi connectivity index (χ4n) is 3.19. The molecule has 0 aliphatic rings. The van der Waals surface area contributed by atoms with E-state index in [0.29, 0.717) is 17.0 Å². The zero-order valence-corrected chi connectivity index (χ0v) is 20.9. The number of nitrogens with zero attached hydrogens (tertiary/aromatic N) is 2. The molecule has 0 aliphatic heterocycles. The van der Waals surface area contributed by atoms with Gasteiger partial charge in [0.1, 0.15) is 4.90 Å². The third-order valence-corrected chi connectivity index (χ3v) is 7.33. The number of hydrogen-bond donors (Lipinski definition) is 2. The lowest BCUT2D eigenvalue weighted by Crippen LogP contribution is -2.16. The van der Waals surface area contributed by atoms with Gasteiger partial charge in [0.25, 0.3) is 15.7 Å². The number of aryl methyl sites for hydroxylation is 2. The van der Waals surface area contributed by atoms with Gasteiger partial charge >= 0.3 is 5.97 Å². The van der Waals surface area contributed by atoms with E-state index in [0.717, 1.165) is 16.5 Å². The van der Waals surface area contributed by atoms with E-state index in [1.165, 1.54) is 30.6 Å². The molecule has 10 nitrogen and oxygen atoms in total. The van der Waals surface area contributed by atoms with Gasteiger partial charge in [-0.2, -0.15) is 5.10 Å². The highest BCUT2D eigenvalue weighted by atomic mass is 32.2. The molecule has 2 N–H and O–H groups in total. The third kappa shape index (κ3) is 6.64. The lowest BCUT2D eigenvalue weighted by atomic mass is 10.1. The maximum atomic E-state index is 13.3. The van der Waals surface area contributed by atoms with Crippen LogP contribution in [0.4, 0.5) is 17.1 Å². The number of thiophene rings is 1. The van der Waals surface area contributed by atoms with Crippen LogP contribution in [0.3, 0.4) is 0 Å². The van der Waals surface area contributed by atoms with E-state index in [-0.39, 0.29) is 29.1 Å². The molecule has 12 heteroatoms. The summed E-state index contributed by atoms with van der Waals surface area (Å²) < 4.78 is 33.8. The number of methoxy groups -OCH3 is 1. The number of nitro benzene ring substituents is 1. The van der Waals surface area contributed by atoms with Crippen LogP contribution in [0.25, 0.3) is 0 Å². The van der Waals surface area contributed by atoms with Gasteiger partial charge in [0.05, 0.1) is 40.4 Å². The highest BCUT2D eigenvalue weighted by Crippen LogP contribution is 2.29. The normalized spacial score (nSPS) is 11.7. The molecule has 35 heavy (non-hydrogen) atoms. The number of non-ortho nitro benzene ring substituents is 1. The highest BCUT2D eigenvalue weighted by molar-refractivity contribution is 7.92. The minimum Gasteiger partial charge on any atom is -0.469 e. The minimum atomic E-state index is -4.22. The molecule has 1 aromatic heterocycles. The molecular weight excluding hydrogens is 492 g/mol. The van der Waals surface area contributed by atoms with Crippen molar-refractivity contribution in [3.05, 3.63) is 80.0 Å². The first-order valence-electron chi connectivity index (χ1n) is 10.4. The SMILES string of the molecule is COC(=O)CC/C(=N\Nc1ccc([N+](=O)[O-])cc1S(=O)(=O)Nc1ccc(C)cc1C)c1cccs1. The average molecular weight is 517 g/mol. The van der Waals surface area contributed by atoms with Crippen LogP contribution in [0.5, 0.6) is 0 Å². The Bertz CT molecular complexity index is 1370. The summed E-state index contributed by atoms with van der Waals surface area (Å²) in [5, 5.41) is 17.5. The predicted octanol–water partition coefficient (Wildman–Crippen LogP) is 4.84. The second-order valence-corrected chi connectivity index (χ2v) is 10.2. The third-order valence-electron chi connectivity index (χ3n) is 5.00. The Morgan fingerprint density at radius 2 is 1.86 bits per heavy atom. The molecule has 0 radical (unpaired) electrons. The van der Waals surface area contributed by atoms with E-state index < -0.39 is 20.9 Å². The molecule has 1 heterocycles. The second-order valence-electron chi connectivity index (χ2n) is 7.59. The molecule has 0 saturated carbocycles. The number of anilines is 2. The number of nitro groups is 1. The molecule has 0 atom stereocenters. The Morgan fingerprint density at radius 3 is 2.49 bits per heavy atom. The van der Waals surface area contributed by atoms with Crippen molar-refractivity contribution in [3.8, 4) is 0 Å². The Morgan fingerprint density at radius 1 is 1.11 bits per heavy atom. The van der Waals surface area contributed by atoms with Gasteiger partial charge in [-0.1, -0.05) is 23.8 Å². The summed E-state index contributed by atoms with van der Waals surface area (Å²) >= 11 is 1.40. The smallest absolute Gasteiger partial charge is 0.305 e. The number of ether oxygens (including phenoxy) is 1. The molecule has 0 spiro atoms. The second kappa shape index (κ2) is 11.1. The van der Waals surface area contributed by atoms with Gasteiger partial charge in [0.15, 0.2) is 0 Å². The Balaban J connectivity index is 2.00. The Kier molecular flexibility index (Phi) is 8.20. The number of hydrogen-bond acceptors (Lipinski definition) is 9. The van der Waals surface area contributed by atoms with Gasteiger partial charge in [-0.05, 0) is 43.0 Å². The quantitative estimate of drug-likeness (QED) is 0.170. The van der Waals surface area contributed by atoms with E-state index in [1.54, 1.807) is 19.1 Å². The molecule has 0 unspecified atom stereocenters. The number of carbonyl (C=O) groups excluding carboxylic acids is 1. The van der Waals surface area contributed by atoms with Crippen molar-refractivity contribution in [2.24, 2.45) is 5.10 Å². The molecule has 3 rings (SSSR count). The molecular formula is C23H24N4O6S2. The van der Waals surface area contributed by atoms with E-state index >= 15 is 0 Å². The maximum Gasteiger partial charge on any atom is 0.305 e. The molecule has 0 fully saturated rings. The van der Waals surface area contributed by atoms with Crippen molar-refractivity contribution in [1.82, 2.24) is 0 Å². The van der Waals surface area contributed by atoms with E-state index in [9.17, 15) is 23.3 Å². The number of sulfonamides is 1. The van der Waals surface area contributed by atoms with Gasteiger partial charge < -0.3 is 4.74 Å². The van der Waals surface area contributed by atoms with E-state index in [2.05, 4.69) is 15.2 Å². The number of hydrazone groups is 1. The average Bonchev–Trinajstić information content (AvgIpc) is 3.35. The lowest BCUT2D eigenvalue weighted by molar-refractivity contribution is -0.385. The molecule has 0 amide bonds. The number of nitrogens with one attached hydrogen (secondary N) is 2. The van der Waals surface area contributed by atoms with Crippen molar-refractivity contribution in [2.75, 3.05) is 17.3 Å². The summed E-state index contributed by atoms with van der Waals surface area (Å²) in [5.41, 5.74) is 4.91. The number of esters is 1. The van der Waals surface area contributed by atoms with Gasteiger partial charge in [-0.15, -0.1) is 11.3 Å². The molecule has 0 aliphatic carbocycles. The first-order chi connectivity index (χ1) is 16.6. The van der Waals surface area contributed by atoms with Crippen molar-refractivity contribution in [3.63, 3.8) is 0 Å². The maximum absolute atomic E-state index is 13.3. The number of carbonyl (C=O) groups is 1. The van der Waals surface area contributed by atoms with Gasteiger partial charge in [0, 0.05) is 18.6 Å². The van der Waals surface area contributed by atoms with Crippen LogP contribution in [0, 0.1) is 24.0 Å². The van der Waals surface area contributed by atoms with Crippen LogP contribution < -0.4 is 10.1 Å². The first kappa shape index (κ1) is 25.8. The predicted molar refractivity (Wildman–Crippen MR) is 136 cm³/mol. The summed E-state index contributed by atoms with van der Waals surface area (Å²) in [6, 6.07) is 12.3. The molecule has 3 aromatic rings. The van der Waals surface area contributed by atoms with Crippen molar-refractivity contribution >= 4 is 50.1 Å². The van der Waals surface area contributed by atoms with Crippen molar-refractivity contribution < 1.29 is 22.9 Å². The fourth-order valence-corrected chi connectivity index (χ4v) is 5.25. The Hall–Kier alpha value is -3.77. The van der Waals surface area contributed by atoms with Crippen molar-refractivity contribution in [1.29, 1.82) is 0 Å². The number of rotatable bonds is 10. The topological polar surface area (TPSA) is 140 Å². The highest BCUT2D eigenvalue weighted by Gasteiger charge is 2.23. The van der Waals surface area contributed by atoms with Gasteiger partial charge in [-0.25, -0.2) is 8.42 Å². The minimum absolute atomic E-state index is 0.0417. The first-order valence-corrected chi connectivity index (χ1v) is 12.8. The van der Waals surface area contributed by atoms with Crippen LogP contribution >= 0.6 is 11.3 Å². The molecule has 2 aromatic carbocycles. The van der Waals surface area contributed by atoms with Gasteiger partial charge in [0.2, 0.25) is 0 Å². The standard InChI is InChI=1S/C23H24N4O6S2/c1-15-6-8-18(16(2)13-15)26-35(31,32)22-14-17(27(29)30)7-9-20(22)25-24-19(10-11-23(28)33-3)21-5-4-12-34-21/h4-9,12-14,25-26H,10-11H2,1-3H3/b24-19+. The van der Waals surface area contributed by atoms with Crippen LogP contribution in [-0.4, -0.2) is 32.1 Å². The van der Waals surface area contributed by atoms with Crippen LogP contribution in [0.1, 0.15) is 28.8 Å². The molecule has 184 valence electrons.